The second-order valence-corrected chi connectivity index (χ2v) is 7.29. The SMILES string of the molecule is Cc1cc2nc(-c3cccc(NC(=O)c4ccc(Cl)c([N+](=O)[O-])c4)c3)oc2cc1C. The lowest BCUT2D eigenvalue weighted by atomic mass is 10.1. The Morgan fingerprint density at radius 3 is 2.63 bits per heavy atom. The largest absolute Gasteiger partial charge is 0.436 e. The lowest BCUT2D eigenvalue weighted by Gasteiger charge is -2.07. The van der Waals surface area contributed by atoms with E-state index in [4.69, 9.17) is 16.0 Å². The summed E-state index contributed by atoms with van der Waals surface area (Å²) in [5.74, 6) is -0.0519. The molecule has 0 saturated carbocycles. The van der Waals surface area contributed by atoms with Crippen molar-refractivity contribution in [3.8, 4) is 11.5 Å². The number of rotatable bonds is 4. The smallest absolute Gasteiger partial charge is 0.288 e. The maximum atomic E-state index is 12.5. The van der Waals surface area contributed by atoms with Crippen LogP contribution in [0.3, 0.4) is 0 Å². The van der Waals surface area contributed by atoms with Crippen molar-refractivity contribution in [2.24, 2.45) is 0 Å². The number of hydrogen-bond donors (Lipinski definition) is 1. The first kappa shape index (κ1) is 19.6. The number of anilines is 1. The van der Waals surface area contributed by atoms with Crippen LogP contribution in [0.25, 0.3) is 22.6 Å². The average molecular weight is 422 g/mol. The van der Waals surface area contributed by atoms with Crippen LogP contribution in [0.2, 0.25) is 5.02 Å². The molecule has 0 bridgehead atoms. The third kappa shape index (κ3) is 3.75. The van der Waals surface area contributed by atoms with Crippen molar-refractivity contribution >= 4 is 40.0 Å². The Bertz CT molecular complexity index is 1270. The molecule has 30 heavy (non-hydrogen) atoms. The summed E-state index contributed by atoms with van der Waals surface area (Å²) in [4.78, 5) is 27.5. The predicted molar refractivity (Wildman–Crippen MR) is 115 cm³/mol. The molecule has 1 amide bonds. The van der Waals surface area contributed by atoms with Gasteiger partial charge in [0.2, 0.25) is 5.89 Å². The van der Waals surface area contributed by atoms with Crippen LogP contribution in [-0.2, 0) is 0 Å². The molecule has 0 atom stereocenters. The van der Waals surface area contributed by atoms with Gasteiger partial charge >= 0.3 is 0 Å². The van der Waals surface area contributed by atoms with Crippen LogP contribution in [0, 0.1) is 24.0 Å². The number of aromatic nitrogens is 1. The zero-order chi connectivity index (χ0) is 21.4. The minimum Gasteiger partial charge on any atom is -0.436 e. The fraction of sp³-hybridized carbons (Fsp3) is 0.0909. The van der Waals surface area contributed by atoms with Crippen molar-refractivity contribution in [3.63, 3.8) is 0 Å². The number of benzene rings is 3. The molecule has 1 N–H and O–H groups in total. The van der Waals surface area contributed by atoms with Gasteiger partial charge in [0.25, 0.3) is 11.6 Å². The van der Waals surface area contributed by atoms with E-state index in [1.54, 1.807) is 18.2 Å². The Balaban J connectivity index is 1.62. The van der Waals surface area contributed by atoms with Crippen molar-refractivity contribution in [2.75, 3.05) is 5.32 Å². The predicted octanol–water partition coefficient (Wildman–Crippen LogP) is 5.93. The summed E-state index contributed by atoms with van der Waals surface area (Å²) >= 11 is 5.81. The second-order valence-electron chi connectivity index (χ2n) is 6.88. The molecule has 7 nitrogen and oxygen atoms in total. The molecule has 0 aliphatic heterocycles. The van der Waals surface area contributed by atoms with Gasteiger partial charge in [0.15, 0.2) is 5.58 Å². The highest BCUT2D eigenvalue weighted by atomic mass is 35.5. The zero-order valence-corrected chi connectivity index (χ0v) is 16.9. The van der Waals surface area contributed by atoms with Gasteiger partial charge in [-0.15, -0.1) is 0 Å². The number of oxazole rings is 1. The van der Waals surface area contributed by atoms with E-state index in [1.807, 2.05) is 32.0 Å². The molecule has 0 spiro atoms. The van der Waals surface area contributed by atoms with E-state index < -0.39 is 10.8 Å². The first-order valence-corrected chi connectivity index (χ1v) is 9.43. The van der Waals surface area contributed by atoms with Crippen molar-refractivity contribution in [1.82, 2.24) is 4.98 Å². The number of hydrogen-bond acceptors (Lipinski definition) is 5. The molecule has 150 valence electrons. The topological polar surface area (TPSA) is 98.3 Å². The lowest BCUT2D eigenvalue weighted by Crippen LogP contribution is -2.12. The van der Waals surface area contributed by atoms with Crippen molar-refractivity contribution < 1.29 is 14.1 Å². The van der Waals surface area contributed by atoms with E-state index in [1.165, 1.54) is 12.1 Å². The van der Waals surface area contributed by atoms with Crippen LogP contribution in [0.1, 0.15) is 21.5 Å². The number of nitrogens with zero attached hydrogens (tertiary/aromatic N) is 2. The Morgan fingerprint density at radius 2 is 1.87 bits per heavy atom. The number of nitrogens with one attached hydrogen (secondary N) is 1. The van der Waals surface area contributed by atoms with Crippen LogP contribution in [0.5, 0.6) is 0 Å². The Labute approximate surface area is 176 Å². The monoisotopic (exact) mass is 421 g/mol. The second kappa shape index (κ2) is 7.61. The first-order valence-electron chi connectivity index (χ1n) is 9.05. The third-order valence-corrected chi connectivity index (χ3v) is 5.10. The first-order chi connectivity index (χ1) is 14.3. The van der Waals surface area contributed by atoms with E-state index in [2.05, 4.69) is 10.3 Å². The summed E-state index contributed by atoms with van der Waals surface area (Å²) in [5, 5.41) is 13.7. The zero-order valence-electron chi connectivity index (χ0n) is 16.1. The fourth-order valence-corrected chi connectivity index (χ4v) is 3.22. The summed E-state index contributed by atoms with van der Waals surface area (Å²) in [6.07, 6.45) is 0. The maximum absolute atomic E-state index is 12.5. The van der Waals surface area contributed by atoms with Gasteiger partial charge in [0, 0.05) is 22.9 Å². The molecular weight excluding hydrogens is 406 g/mol. The number of carbonyl (C=O) groups excluding carboxylic acids is 1. The van der Waals surface area contributed by atoms with Crippen LogP contribution in [-0.4, -0.2) is 15.8 Å². The standard InChI is InChI=1S/C22H16ClN3O4/c1-12-8-18-20(9-13(12)2)30-22(25-18)15-4-3-5-16(10-15)24-21(27)14-6-7-17(23)19(11-14)26(28)29/h3-11H,1-2H3,(H,24,27). The number of amides is 1. The van der Waals surface area contributed by atoms with Crippen LogP contribution in [0.15, 0.2) is 59.0 Å². The van der Waals surface area contributed by atoms with Gasteiger partial charge in [0.05, 0.1) is 4.92 Å². The number of fused-ring (bicyclic) bond motifs is 1. The number of nitro groups is 1. The maximum Gasteiger partial charge on any atom is 0.288 e. The van der Waals surface area contributed by atoms with Crippen molar-refractivity contribution in [1.29, 1.82) is 0 Å². The normalized spacial score (nSPS) is 10.9. The Hall–Kier alpha value is -3.71. The van der Waals surface area contributed by atoms with Gasteiger partial charge in [-0.05, 0) is 67.4 Å². The Morgan fingerprint density at radius 1 is 1.10 bits per heavy atom. The summed E-state index contributed by atoms with van der Waals surface area (Å²) in [7, 11) is 0. The highest BCUT2D eigenvalue weighted by Gasteiger charge is 2.17. The van der Waals surface area contributed by atoms with Gasteiger partial charge < -0.3 is 9.73 Å². The molecule has 0 unspecified atom stereocenters. The van der Waals surface area contributed by atoms with Crippen LogP contribution >= 0.6 is 11.6 Å². The van der Waals surface area contributed by atoms with Crippen molar-refractivity contribution in [3.05, 3.63) is 86.4 Å². The van der Waals surface area contributed by atoms with Gasteiger partial charge in [-0.25, -0.2) is 4.98 Å². The molecule has 4 rings (SSSR count). The van der Waals surface area contributed by atoms with Crippen LogP contribution in [0.4, 0.5) is 11.4 Å². The van der Waals surface area contributed by atoms with E-state index >= 15 is 0 Å². The minimum absolute atomic E-state index is 0.0278. The van der Waals surface area contributed by atoms with E-state index in [0.29, 0.717) is 22.7 Å². The fourth-order valence-electron chi connectivity index (χ4n) is 3.03. The van der Waals surface area contributed by atoms with E-state index in [0.717, 1.165) is 22.7 Å². The average Bonchev–Trinajstić information content (AvgIpc) is 3.11. The molecule has 3 aromatic carbocycles. The highest BCUT2D eigenvalue weighted by molar-refractivity contribution is 6.32. The van der Waals surface area contributed by atoms with E-state index in [-0.39, 0.29) is 16.3 Å². The lowest BCUT2D eigenvalue weighted by molar-refractivity contribution is -0.384. The quantitative estimate of drug-likeness (QED) is 0.325. The molecule has 0 aliphatic rings. The van der Waals surface area contributed by atoms with E-state index in [9.17, 15) is 14.9 Å². The minimum atomic E-state index is -0.629. The molecule has 0 radical (unpaired) electrons. The number of halogens is 1. The summed E-state index contributed by atoms with van der Waals surface area (Å²) in [5.41, 5.74) is 4.70. The number of aryl methyl sites for hydroxylation is 2. The van der Waals surface area contributed by atoms with Crippen molar-refractivity contribution in [2.45, 2.75) is 13.8 Å². The summed E-state index contributed by atoms with van der Waals surface area (Å²) in [6.45, 7) is 4.02. The van der Waals surface area contributed by atoms with Gasteiger partial charge in [0.1, 0.15) is 10.5 Å². The van der Waals surface area contributed by atoms with Crippen LogP contribution < -0.4 is 5.32 Å². The molecule has 0 fully saturated rings. The molecule has 1 aromatic heterocycles. The number of carbonyl (C=O) groups is 1. The molecule has 0 aliphatic carbocycles. The molecular formula is C22H16ClN3O4. The number of nitro benzene ring substituents is 1. The molecule has 4 aromatic rings. The Kier molecular flexibility index (Phi) is 4.97. The molecule has 8 heteroatoms. The molecule has 1 heterocycles. The summed E-state index contributed by atoms with van der Waals surface area (Å²) < 4.78 is 5.88. The molecule has 0 saturated heterocycles. The van der Waals surface area contributed by atoms with Gasteiger partial charge in [-0.1, -0.05) is 17.7 Å². The third-order valence-electron chi connectivity index (χ3n) is 4.78. The van der Waals surface area contributed by atoms with Gasteiger partial charge in [-0.2, -0.15) is 0 Å². The summed E-state index contributed by atoms with van der Waals surface area (Å²) in [6, 6.07) is 14.8. The highest BCUT2D eigenvalue weighted by Crippen LogP contribution is 2.29. The van der Waals surface area contributed by atoms with Gasteiger partial charge in [-0.3, -0.25) is 14.9 Å².